The van der Waals surface area contributed by atoms with Crippen molar-refractivity contribution in [3.63, 3.8) is 0 Å². The summed E-state index contributed by atoms with van der Waals surface area (Å²) in [4.78, 5) is 69.9. The molecular formula is C48H47Cl4F5N6O9. The van der Waals surface area contributed by atoms with E-state index in [0.717, 1.165) is 51.4 Å². The number of hydrogen-bond acceptors (Lipinski definition) is 10. The lowest BCUT2D eigenvalue weighted by Crippen LogP contribution is -2.38. The van der Waals surface area contributed by atoms with Crippen LogP contribution in [-0.2, 0) is 14.4 Å². The molecule has 2 heterocycles. The van der Waals surface area contributed by atoms with Crippen molar-refractivity contribution in [1.29, 1.82) is 0 Å². The molecule has 72 heavy (non-hydrogen) atoms. The molecule has 0 atom stereocenters. The third-order valence-corrected chi connectivity index (χ3v) is 12.3. The van der Waals surface area contributed by atoms with Gasteiger partial charge in [0.15, 0.2) is 17.4 Å². The minimum Gasteiger partial charge on any atom is -0.486 e. The summed E-state index contributed by atoms with van der Waals surface area (Å²) in [5.74, 6) is -3.75. The molecule has 0 saturated heterocycles. The fraction of sp³-hybridized carbons (Fsp3) is 0.354. The number of benzene rings is 4. The molecule has 2 aromatic heterocycles. The van der Waals surface area contributed by atoms with Gasteiger partial charge in [0.25, 0.3) is 5.91 Å². The maximum absolute atomic E-state index is 13.4. The minimum atomic E-state index is -5.08. The van der Waals surface area contributed by atoms with Gasteiger partial charge in [0.05, 0.1) is 32.1 Å². The second-order valence-electron chi connectivity index (χ2n) is 16.8. The lowest BCUT2D eigenvalue weighted by atomic mass is 9.83. The number of Topliss-reactive ketones (excluding diaryl/α,β-unsaturated/α-hetero) is 2. The summed E-state index contributed by atoms with van der Waals surface area (Å²) < 4.78 is 69.1. The number of nitrogens with zero attached hydrogens (tertiary/aromatic N) is 2. The molecule has 2 saturated carbocycles. The molecule has 7 N–H and O–H groups in total. The second kappa shape index (κ2) is 26.6. The molecule has 0 bridgehead atoms. The third kappa shape index (κ3) is 18.2. The van der Waals surface area contributed by atoms with Crippen molar-refractivity contribution in [3.05, 3.63) is 116 Å². The topological polar surface area (TPSA) is 240 Å². The van der Waals surface area contributed by atoms with Gasteiger partial charge in [-0.1, -0.05) is 46.4 Å². The number of carboxylic acids is 2. The summed E-state index contributed by atoms with van der Waals surface area (Å²) in [7, 11) is 0. The predicted molar refractivity (Wildman–Crippen MR) is 259 cm³/mol. The molecule has 2 aliphatic rings. The van der Waals surface area contributed by atoms with Crippen LogP contribution in [0.15, 0.2) is 72.8 Å². The number of aromatic nitrogens is 4. The number of aliphatic carboxylic acids is 1. The van der Waals surface area contributed by atoms with Crippen LogP contribution in [0.25, 0.3) is 22.1 Å². The molecule has 8 rings (SSSR count). The zero-order valence-electron chi connectivity index (χ0n) is 37.8. The van der Waals surface area contributed by atoms with Crippen LogP contribution < -0.4 is 20.5 Å². The van der Waals surface area contributed by atoms with E-state index in [1.807, 2.05) is 0 Å². The number of aromatic amines is 2. The van der Waals surface area contributed by atoms with Crippen LogP contribution >= 0.6 is 46.4 Å². The van der Waals surface area contributed by atoms with Gasteiger partial charge < -0.3 is 40.7 Å². The van der Waals surface area contributed by atoms with E-state index >= 15 is 0 Å². The molecule has 24 heteroatoms. The van der Waals surface area contributed by atoms with Crippen LogP contribution in [0.3, 0.4) is 0 Å². The summed E-state index contributed by atoms with van der Waals surface area (Å²) in [6.07, 6.45) is 3.07. The summed E-state index contributed by atoms with van der Waals surface area (Å²) >= 11 is 22.9. The molecule has 15 nitrogen and oxygen atoms in total. The van der Waals surface area contributed by atoms with E-state index in [9.17, 15) is 41.1 Å². The number of ketones is 2. The Morgan fingerprint density at radius 3 is 1.47 bits per heavy atom. The third-order valence-electron chi connectivity index (χ3n) is 11.2. The fourth-order valence-electron chi connectivity index (χ4n) is 7.55. The van der Waals surface area contributed by atoms with Gasteiger partial charge in [-0.3, -0.25) is 14.4 Å². The number of imidazole rings is 2. The standard InChI is InChI=1S/C23H22Cl2FN3O3.C15H19ClFNO2.C8H5ClN2O2.C2HF3O2/c24-14-3-8-20-21(10-14)29-22(28-20)23(31)27-15-4-1-13(2-5-15)9-16(30)12-32-17-6-7-18(25)19(26)11-17;16-14-6-5-13(8-15(14)17)20-9-12(19)7-10-1-3-11(18)4-2-10;9-4-1-2-5-6(3-4)11-7(10-5)8(12)13;3-2(4,5)1(6)7/h3,6-8,10-11,13,15H,1-2,4-5,9,12H2,(H,27,31)(H,28,29);5-6,8,10-11H,1-4,7,9,18H2;1-3H,(H,10,11)(H,12,13);(H,6,7). The van der Waals surface area contributed by atoms with E-state index in [4.69, 9.17) is 76.6 Å². The van der Waals surface area contributed by atoms with Crippen molar-refractivity contribution in [3.8, 4) is 11.5 Å². The highest BCUT2D eigenvalue weighted by Crippen LogP contribution is 2.29. The number of alkyl halides is 3. The van der Waals surface area contributed by atoms with Gasteiger partial charge in [-0.05, 0) is 124 Å². The Morgan fingerprint density at radius 1 is 0.639 bits per heavy atom. The zero-order valence-corrected chi connectivity index (χ0v) is 40.9. The van der Waals surface area contributed by atoms with Crippen LogP contribution in [0, 0.1) is 23.5 Å². The number of carbonyl (C=O) groups excluding carboxylic acids is 3. The highest BCUT2D eigenvalue weighted by Gasteiger charge is 2.38. The normalized spacial score (nSPS) is 17.5. The summed E-state index contributed by atoms with van der Waals surface area (Å²) in [5.41, 5.74) is 8.46. The number of amides is 1. The van der Waals surface area contributed by atoms with E-state index in [1.165, 1.54) is 30.3 Å². The minimum absolute atomic E-state index is 0.0113. The molecule has 0 unspecified atom stereocenters. The summed E-state index contributed by atoms with van der Waals surface area (Å²) in [6.45, 7) is -0.128. The number of carboxylic acid groups (broad SMARTS) is 2. The van der Waals surface area contributed by atoms with Crippen molar-refractivity contribution in [2.45, 2.75) is 82.5 Å². The molecule has 1 amide bonds. The molecule has 4 aromatic carbocycles. The largest absolute Gasteiger partial charge is 0.490 e. The average Bonchev–Trinajstić information content (AvgIpc) is 3.96. The Hall–Kier alpha value is -6.06. The van der Waals surface area contributed by atoms with Gasteiger partial charge in [0.2, 0.25) is 5.82 Å². The van der Waals surface area contributed by atoms with Crippen LogP contribution in [0.2, 0.25) is 20.1 Å². The Balaban J connectivity index is 0.000000204. The first-order valence-electron chi connectivity index (χ1n) is 22.1. The van der Waals surface area contributed by atoms with E-state index in [0.29, 0.717) is 56.6 Å². The van der Waals surface area contributed by atoms with Crippen LogP contribution in [-0.4, -0.2) is 91.0 Å². The van der Waals surface area contributed by atoms with Crippen LogP contribution in [0.4, 0.5) is 22.0 Å². The highest BCUT2D eigenvalue weighted by atomic mass is 35.5. The maximum Gasteiger partial charge on any atom is 0.490 e. The smallest absolute Gasteiger partial charge is 0.486 e. The van der Waals surface area contributed by atoms with Gasteiger partial charge in [-0.15, -0.1) is 0 Å². The number of halogens is 9. The summed E-state index contributed by atoms with van der Waals surface area (Å²) in [5, 5.41) is 20.0. The Morgan fingerprint density at radius 2 is 1.06 bits per heavy atom. The molecule has 0 spiro atoms. The first-order valence-corrected chi connectivity index (χ1v) is 23.6. The van der Waals surface area contributed by atoms with Crippen molar-refractivity contribution < 1.29 is 65.6 Å². The monoisotopic (exact) mass is 1090 g/mol. The second-order valence-corrected chi connectivity index (χ2v) is 18.5. The van der Waals surface area contributed by atoms with E-state index < -0.39 is 29.7 Å². The van der Waals surface area contributed by atoms with Gasteiger partial charge in [-0.25, -0.2) is 28.3 Å². The number of fused-ring (bicyclic) bond motifs is 2. The van der Waals surface area contributed by atoms with E-state index in [2.05, 4.69) is 25.3 Å². The lowest BCUT2D eigenvalue weighted by molar-refractivity contribution is -0.192. The number of aromatic carboxylic acids is 1. The Labute approximate surface area is 427 Å². The lowest BCUT2D eigenvalue weighted by Gasteiger charge is -2.28. The molecule has 2 aliphatic carbocycles. The molecule has 0 radical (unpaired) electrons. The first-order chi connectivity index (χ1) is 34.0. The number of carbonyl (C=O) groups is 5. The number of ether oxygens (including phenoxy) is 2. The van der Waals surface area contributed by atoms with Gasteiger partial charge in [0.1, 0.15) is 36.3 Å². The zero-order chi connectivity index (χ0) is 52.7. The van der Waals surface area contributed by atoms with Crippen molar-refractivity contribution in [2.24, 2.45) is 17.6 Å². The fourth-order valence-corrected chi connectivity index (χ4v) is 8.13. The molecule has 2 fully saturated rings. The number of hydrogen-bond donors (Lipinski definition) is 6. The van der Waals surface area contributed by atoms with Gasteiger partial charge >= 0.3 is 18.1 Å². The van der Waals surface area contributed by atoms with Crippen molar-refractivity contribution >= 4 is 97.9 Å². The predicted octanol–water partition coefficient (Wildman–Crippen LogP) is 11.2. The molecule has 0 aliphatic heterocycles. The van der Waals surface area contributed by atoms with Crippen molar-refractivity contribution in [1.82, 2.24) is 25.3 Å². The highest BCUT2D eigenvalue weighted by molar-refractivity contribution is 6.32. The number of nitrogens with one attached hydrogen (secondary N) is 3. The van der Waals surface area contributed by atoms with Crippen molar-refractivity contribution in [2.75, 3.05) is 13.2 Å². The summed E-state index contributed by atoms with van der Waals surface area (Å²) in [6, 6.07) is 18.8. The first kappa shape index (κ1) is 56.8. The van der Waals surface area contributed by atoms with Gasteiger partial charge in [-0.2, -0.15) is 13.2 Å². The average molecular weight is 1090 g/mol. The maximum atomic E-state index is 13.4. The quantitative estimate of drug-likeness (QED) is 0.0592. The number of rotatable bonds is 13. The van der Waals surface area contributed by atoms with Crippen LogP contribution in [0.5, 0.6) is 11.5 Å². The molecule has 386 valence electrons. The van der Waals surface area contributed by atoms with E-state index in [-0.39, 0.29) is 76.1 Å². The SMILES string of the molecule is NC1CCC(CC(=O)COc2ccc(Cl)c(F)c2)CC1.O=C(COc1ccc(Cl)c(F)c1)CC1CCC(NC(=O)c2nc3ccc(Cl)cc3[nH]2)CC1.O=C(O)C(F)(F)F.O=C(O)c1nc2ccc(Cl)cc2[nH]1. The number of nitrogens with two attached hydrogens (primary N) is 1. The van der Waals surface area contributed by atoms with Crippen LogP contribution in [0.1, 0.15) is 85.4 Å². The number of H-pyrrole nitrogens is 2. The Kier molecular flexibility index (Phi) is 21.0. The van der Waals surface area contributed by atoms with Gasteiger partial charge in [0, 0.05) is 47.1 Å². The van der Waals surface area contributed by atoms with E-state index in [1.54, 1.807) is 42.5 Å². The molecule has 6 aromatic rings. The Bertz CT molecular complexity index is 2850. The molecular weight excluding hydrogens is 1040 g/mol.